The lowest BCUT2D eigenvalue weighted by molar-refractivity contribution is -0.238. The zero-order chi connectivity index (χ0) is 90.5. The molecule has 0 aromatic carbocycles. The summed E-state index contributed by atoms with van der Waals surface area (Å²) in [4.78, 5) is 59.0. The molecule has 0 saturated carbocycles. The van der Waals surface area contributed by atoms with Crippen LogP contribution in [0, 0.1) is 0 Å². The minimum absolute atomic E-state index is 0.00673. The highest BCUT2D eigenvalue weighted by Crippen LogP contribution is 2.40. The Morgan fingerprint density at radius 1 is 0.425 bits per heavy atom. The number of carbonyl (C=O) groups is 5. The number of hydrogen-bond acceptors (Lipinski definition) is 40. The molecule has 13 N–H and O–H groups in total. The smallest absolute Gasteiger partial charge is 0.230 e. The first-order valence-electron chi connectivity index (χ1n) is 43.2. The van der Waals surface area contributed by atoms with Gasteiger partial charge in [0.1, 0.15) is 94.9 Å². The number of ether oxygens (including phenoxy) is 21. The molecular weight excluding hydrogens is 1750 g/mol. The van der Waals surface area contributed by atoms with E-state index in [1.165, 1.54) is 20.8 Å². The van der Waals surface area contributed by atoms with E-state index in [4.69, 9.17) is 99.5 Å². The molecule has 48 nitrogen and oxygen atoms in total. The fourth-order valence-electron chi connectivity index (χ4n) is 14.5. The van der Waals surface area contributed by atoms with Crippen molar-refractivity contribution in [1.29, 1.82) is 0 Å². The van der Waals surface area contributed by atoms with Gasteiger partial charge in [-0.05, 0) is 32.1 Å². The van der Waals surface area contributed by atoms with Crippen molar-refractivity contribution in [3.8, 4) is 0 Å². The maximum atomic E-state index is 12.6. The molecular formula is C78H132BrN15O33. The second-order valence-corrected chi connectivity index (χ2v) is 32.1. The van der Waals surface area contributed by atoms with Gasteiger partial charge in [-0.15, -0.1) is 15.3 Å². The third-order valence-corrected chi connectivity index (χ3v) is 21.6. The summed E-state index contributed by atoms with van der Waals surface area (Å²) in [5.74, 6) is -1.30. The van der Waals surface area contributed by atoms with Gasteiger partial charge in [0, 0.05) is 40.3 Å². The van der Waals surface area contributed by atoms with Crippen molar-refractivity contribution >= 4 is 45.5 Å². The molecule has 49 heteroatoms. The lowest BCUT2D eigenvalue weighted by atomic mass is 9.88. The van der Waals surface area contributed by atoms with E-state index in [-0.39, 0.29) is 156 Å². The van der Waals surface area contributed by atoms with Crippen LogP contribution in [0.15, 0.2) is 18.6 Å². The van der Waals surface area contributed by atoms with Crippen LogP contribution in [0.2, 0.25) is 0 Å². The summed E-state index contributed by atoms with van der Waals surface area (Å²) in [6, 6.07) is -2.74. The lowest BCUT2D eigenvalue weighted by Crippen LogP contribution is -2.66. The van der Waals surface area contributed by atoms with Crippen LogP contribution in [0.3, 0.4) is 0 Å². The molecule has 0 radical (unpaired) electrons. The van der Waals surface area contributed by atoms with Gasteiger partial charge >= 0.3 is 0 Å². The second-order valence-electron chi connectivity index (χ2n) is 31.6. The van der Waals surface area contributed by atoms with E-state index in [0.29, 0.717) is 168 Å². The van der Waals surface area contributed by atoms with E-state index in [0.717, 1.165) is 12.8 Å². The summed E-state index contributed by atoms with van der Waals surface area (Å²) < 4.78 is 127. The molecule has 6 fully saturated rings. The van der Waals surface area contributed by atoms with Gasteiger partial charge in [0.05, 0.1) is 267 Å². The molecule has 3 aromatic rings. The minimum Gasteiger partial charge on any atom is -0.388 e. The van der Waals surface area contributed by atoms with Gasteiger partial charge in [0.15, 0.2) is 18.9 Å². The summed E-state index contributed by atoms with van der Waals surface area (Å²) in [5.41, 5.74) is -3.52. The molecule has 127 heavy (non-hydrogen) atoms. The molecule has 6 aliphatic rings. The van der Waals surface area contributed by atoms with Crippen LogP contribution in [0.5, 0.6) is 0 Å². The quantitative estimate of drug-likeness (QED) is 0.0142. The number of aliphatic hydroxyl groups excluding tert-OH is 7. The van der Waals surface area contributed by atoms with Gasteiger partial charge in [-0.25, -0.2) is 14.0 Å². The first kappa shape index (κ1) is 105. The average molecular weight is 1890 g/mol. The number of aliphatic hydroxyl groups is 7. The van der Waals surface area contributed by atoms with Gasteiger partial charge < -0.3 is 162 Å². The Bertz CT molecular complexity index is 3310. The van der Waals surface area contributed by atoms with E-state index >= 15 is 0 Å². The topological polar surface area (TPSA) is 585 Å². The summed E-state index contributed by atoms with van der Waals surface area (Å²) in [6.45, 7) is 11.3. The Morgan fingerprint density at radius 3 is 1.04 bits per heavy atom. The van der Waals surface area contributed by atoms with E-state index in [1.807, 2.05) is 0 Å². The normalized spacial score (nSPS) is 25.7. The van der Waals surface area contributed by atoms with Crippen molar-refractivity contribution in [2.75, 3.05) is 217 Å². The number of alkyl halides is 1. The fourth-order valence-corrected chi connectivity index (χ4v) is 14.7. The molecule has 724 valence electrons. The standard InChI is InChI=1S/C78H132BrN15O33/c1-54(95)82-63-66(101)69(104)76(51-122-72(63)125-76)48-116-35-32-113-29-26-110-23-20-107-17-14-92-39-57(86-89-92)42-119-45-75(85-61(99)11-7-5-8-12-80-60(98)10-6-4-9-13-81-62(100)38-79,46-120-43-58-40-93(90-87-58)15-18-108-21-24-111-27-30-114-33-36-117-49-77-52-123-73(126-77)64(83-55(2)96)67(102)70(77)105)47-121-44-59-41-94(91-88-59)16-19-109-22-25-112-28-31-115-34-37-118-50-78-53-124-74(127-78)65(84-56(3)97)68(103)71(78)106/h39-41,61,63-74,85,99,101-106H,4-38,42-53H2,1-3H3,(H,80,98)(H,81,100)(H,82,95)(H,83,96)(H,84,97)/t61?,63-,64-,65-,66-,67-,68-,69-,70-,71-,72+,73+,74+,76+,77+,78+/m1/s1. The molecule has 9 heterocycles. The van der Waals surface area contributed by atoms with Crippen LogP contribution in [0.25, 0.3) is 0 Å². The van der Waals surface area contributed by atoms with Gasteiger partial charge in [-0.2, -0.15) is 0 Å². The average Bonchev–Trinajstić information content (AvgIpc) is 1.62. The molecule has 0 spiro atoms. The number of nitrogens with one attached hydrogen (secondary N) is 6. The van der Waals surface area contributed by atoms with E-state index < -0.39 is 120 Å². The van der Waals surface area contributed by atoms with Crippen molar-refractivity contribution in [3.63, 3.8) is 0 Å². The number of nitrogens with zero attached hydrogens (tertiary/aromatic N) is 9. The highest BCUT2D eigenvalue weighted by Gasteiger charge is 2.62. The zero-order valence-electron chi connectivity index (χ0n) is 72.6. The maximum Gasteiger partial charge on any atom is 0.230 e. The number of aromatic nitrogens is 9. The Labute approximate surface area is 744 Å². The van der Waals surface area contributed by atoms with Crippen LogP contribution in [0.1, 0.15) is 89.2 Å². The van der Waals surface area contributed by atoms with Gasteiger partial charge in [0.25, 0.3) is 0 Å². The van der Waals surface area contributed by atoms with Crippen LogP contribution >= 0.6 is 15.9 Å². The number of rotatable bonds is 72. The fraction of sp³-hybridized carbons (Fsp3) is 0.859. The first-order valence-corrected chi connectivity index (χ1v) is 44.3. The number of amides is 5. The molecule has 0 aliphatic carbocycles. The van der Waals surface area contributed by atoms with Crippen molar-refractivity contribution in [1.82, 2.24) is 76.9 Å². The van der Waals surface area contributed by atoms with Gasteiger partial charge in [-0.1, -0.05) is 44.4 Å². The van der Waals surface area contributed by atoms with Crippen molar-refractivity contribution in [2.45, 2.75) is 214 Å². The third kappa shape index (κ3) is 35.5. The molecule has 6 aliphatic heterocycles. The van der Waals surface area contributed by atoms with Gasteiger partial charge in [-0.3, -0.25) is 29.3 Å². The maximum absolute atomic E-state index is 12.6. The lowest BCUT2D eigenvalue weighted by Gasteiger charge is -2.42. The van der Waals surface area contributed by atoms with E-state index in [9.17, 15) is 59.7 Å². The van der Waals surface area contributed by atoms with Crippen LogP contribution in [-0.4, -0.2) is 429 Å². The number of fused-ring (bicyclic) bond motifs is 6. The summed E-state index contributed by atoms with van der Waals surface area (Å²) in [7, 11) is 0. The first-order chi connectivity index (χ1) is 61.5. The minimum atomic E-state index is -1.35. The largest absolute Gasteiger partial charge is 0.388 e. The zero-order valence-corrected chi connectivity index (χ0v) is 74.2. The Kier molecular flexibility index (Phi) is 46.9. The van der Waals surface area contributed by atoms with Crippen LogP contribution in [-0.2, 0) is 163 Å². The third-order valence-electron chi connectivity index (χ3n) is 21.1. The van der Waals surface area contributed by atoms with E-state index in [2.05, 4.69) is 78.8 Å². The summed E-state index contributed by atoms with van der Waals surface area (Å²) in [5, 5.41) is 119. The Morgan fingerprint density at radius 2 is 0.724 bits per heavy atom. The number of halogens is 1. The highest BCUT2D eigenvalue weighted by molar-refractivity contribution is 9.09. The number of unbranched alkanes of at least 4 members (excludes halogenated alkanes) is 4. The number of carbonyl (C=O) groups excluding carboxylic acids is 5. The molecule has 6 bridgehead atoms. The predicted octanol–water partition coefficient (Wildman–Crippen LogP) is -5.94. The number of hydrogen-bond donors (Lipinski definition) is 13. The molecule has 9 rings (SSSR count). The predicted molar refractivity (Wildman–Crippen MR) is 437 cm³/mol. The van der Waals surface area contributed by atoms with Crippen molar-refractivity contribution < 1.29 is 159 Å². The SMILES string of the molecule is CC(=O)N[C@H]1[C@H]2OC[C@](COCCOCCOCCOCCn3cc(COCC(COCc4cn(CCOCCOCCOCCOC[C@@]56CO[C@@H](O5)[C@H](NC(C)=O)[C@@H](O)[C@H]6O)nn4)(COCc4cn(CCOCCOCCOCCOC[C@@]56CO[C@@H](O5)[C@H](NC(C)=O)[C@@H](O)[C@H]6O)nn4)NC(O)CCCCCNC(=O)CCCCCNC(=O)CBr)nn3)(O2)[C@H](O)[C@@H]1O. The Hall–Kier alpha value is -5.91. The van der Waals surface area contributed by atoms with E-state index in [1.54, 1.807) is 32.6 Å². The monoisotopic (exact) mass is 1890 g/mol. The summed E-state index contributed by atoms with van der Waals surface area (Å²) in [6.07, 6.45) is -1.61. The molecule has 5 amide bonds. The molecule has 3 aromatic heterocycles. The summed E-state index contributed by atoms with van der Waals surface area (Å²) >= 11 is 3.14. The van der Waals surface area contributed by atoms with Crippen LogP contribution < -0.4 is 31.9 Å². The second kappa shape index (κ2) is 56.8. The van der Waals surface area contributed by atoms with Crippen LogP contribution in [0.4, 0.5) is 0 Å². The molecule has 1 unspecified atom stereocenters. The highest BCUT2D eigenvalue weighted by atomic mass is 79.9. The Balaban J connectivity index is 0.702. The van der Waals surface area contributed by atoms with Gasteiger partial charge in [0.2, 0.25) is 29.5 Å². The molecule has 6 saturated heterocycles. The molecule has 16 atom stereocenters. The van der Waals surface area contributed by atoms with Crippen molar-refractivity contribution in [2.24, 2.45) is 0 Å². The van der Waals surface area contributed by atoms with Crippen molar-refractivity contribution in [3.05, 3.63) is 35.7 Å².